The molecule has 0 radical (unpaired) electrons. The lowest BCUT2D eigenvalue weighted by atomic mass is 10.2. The summed E-state index contributed by atoms with van der Waals surface area (Å²) in [6, 6.07) is 11.8. The van der Waals surface area contributed by atoms with Crippen molar-refractivity contribution in [1.29, 1.82) is 0 Å². The van der Waals surface area contributed by atoms with Crippen molar-refractivity contribution in [3.63, 3.8) is 0 Å². The van der Waals surface area contributed by atoms with Gasteiger partial charge in [0.15, 0.2) is 0 Å². The summed E-state index contributed by atoms with van der Waals surface area (Å²) in [5.41, 5.74) is 3.84. The van der Waals surface area contributed by atoms with E-state index in [-0.39, 0.29) is 0 Å². The minimum Gasteiger partial charge on any atom is -0.344 e. The molecule has 6 heteroatoms. The Hall–Kier alpha value is -2.73. The zero-order chi connectivity index (χ0) is 17.6. The average Bonchev–Trinajstić information content (AvgIpc) is 2.98. The van der Waals surface area contributed by atoms with Crippen LogP contribution in [0.1, 0.15) is 24.9 Å². The molecule has 2 N–H and O–H groups in total. The molecule has 1 aromatic carbocycles. The Morgan fingerprint density at radius 3 is 2.60 bits per heavy atom. The van der Waals surface area contributed by atoms with E-state index in [0.29, 0.717) is 5.95 Å². The van der Waals surface area contributed by atoms with Gasteiger partial charge < -0.3 is 15.2 Å². The first-order valence-corrected chi connectivity index (χ1v) is 8.53. The summed E-state index contributed by atoms with van der Waals surface area (Å²) in [6.45, 7) is 2.94. The molecule has 0 saturated carbocycles. The summed E-state index contributed by atoms with van der Waals surface area (Å²) in [5, 5.41) is 3.24. The molecule has 130 valence electrons. The van der Waals surface area contributed by atoms with Crippen LogP contribution in [0.4, 0.5) is 11.6 Å². The van der Waals surface area contributed by atoms with Crippen molar-refractivity contribution in [2.24, 2.45) is 0 Å². The summed E-state index contributed by atoms with van der Waals surface area (Å²) in [4.78, 5) is 19.3. The maximum atomic E-state index is 4.77. The normalized spacial score (nSPS) is 11.0. The number of imidazole rings is 1. The second-order valence-corrected chi connectivity index (χ2v) is 6.25. The molecule has 25 heavy (non-hydrogen) atoms. The number of aromatic amines is 1. The van der Waals surface area contributed by atoms with E-state index >= 15 is 0 Å². The van der Waals surface area contributed by atoms with E-state index in [2.05, 4.69) is 32.1 Å². The van der Waals surface area contributed by atoms with Crippen molar-refractivity contribution >= 4 is 11.6 Å². The first kappa shape index (κ1) is 17.1. The number of nitrogens with zero attached hydrogens (tertiary/aromatic N) is 4. The molecule has 3 rings (SSSR count). The number of hydrogen-bond acceptors (Lipinski definition) is 5. The summed E-state index contributed by atoms with van der Waals surface area (Å²) >= 11 is 0. The molecule has 0 aliphatic heterocycles. The quantitative estimate of drug-likeness (QED) is 0.689. The summed E-state index contributed by atoms with van der Waals surface area (Å²) < 4.78 is 0. The lowest BCUT2D eigenvalue weighted by molar-refractivity contribution is 0.392. The number of H-pyrrole nitrogens is 1. The fourth-order valence-electron chi connectivity index (χ4n) is 2.68. The van der Waals surface area contributed by atoms with Gasteiger partial charge >= 0.3 is 0 Å². The molecule has 0 unspecified atom stereocenters. The van der Waals surface area contributed by atoms with Crippen LogP contribution in [0.2, 0.25) is 0 Å². The number of aryl methyl sites for hydroxylation is 1. The van der Waals surface area contributed by atoms with Crippen molar-refractivity contribution in [3.05, 3.63) is 54.1 Å². The third-order valence-corrected chi connectivity index (χ3v) is 3.72. The Bertz CT molecular complexity index is 810. The van der Waals surface area contributed by atoms with Crippen LogP contribution in [0.5, 0.6) is 0 Å². The molecule has 0 saturated heterocycles. The third-order valence-electron chi connectivity index (χ3n) is 3.72. The smallest absolute Gasteiger partial charge is 0.227 e. The maximum Gasteiger partial charge on any atom is 0.227 e. The molecule has 0 bridgehead atoms. The number of para-hydroxylation sites is 1. The lowest BCUT2D eigenvalue weighted by Gasteiger charge is -2.06. The van der Waals surface area contributed by atoms with Gasteiger partial charge in [0.1, 0.15) is 11.5 Å². The number of nitrogens with one attached hydrogen (secondary N) is 2. The number of aromatic nitrogens is 4. The second kappa shape index (κ2) is 7.90. The third kappa shape index (κ3) is 4.42. The molecule has 2 aromatic heterocycles. The predicted octanol–water partition coefficient (Wildman–Crippen LogP) is 3.62. The van der Waals surface area contributed by atoms with Crippen molar-refractivity contribution in [3.8, 4) is 11.4 Å². The van der Waals surface area contributed by atoms with Gasteiger partial charge in [0.25, 0.3) is 0 Å². The Kier molecular flexibility index (Phi) is 5.40. The van der Waals surface area contributed by atoms with Gasteiger partial charge in [-0.25, -0.2) is 15.0 Å². The Labute approximate surface area is 148 Å². The monoisotopic (exact) mass is 336 g/mol. The molecular formula is C19H24N6. The SMILES string of the molecule is CCCc1[nH]c(CN(C)C)nc1-c1ccnc(Nc2ccccc2)n1. The number of benzene rings is 1. The predicted molar refractivity (Wildman–Crippen MR) is 101 cm³/mol. The first-order chi connectivity index (χ1) is 12.2. The van der Waals surface area contributed by atoms with Gasteiger partial charge in [0, 0.05) is 17.6 Å². The zero-order valence-corrected chi connectivity index (χ0v) is 15.0. The maximum absolute atomic E-state index is 4.77. The first-order valence-electron chi connectivity index (χ1n) is 8.53. The van der Waals surface area contributed by atoms with E-state index < -0.39 is 0 Å². The summed E-state index contributed by atoms with van der Waals surface area (Å²) in [7, 11) is 4.07. The molecular weight excluding hydrogens is 312 g/mol. The van der Waals surface area contributed by atoms with Crippen molar-refractivity contribution in [1.82, 2.24) is 24.8 Å². The lowest BCUT2D eigenvalue weighted by Crippen LogP contribution is -2.11. The van der Waals surface area contributed by atoms with Crippen molar-refractivity contribution in [2.45, 2.75) is 26.3 Å². The van der Waals surface area contributed by atoms with Crippen LogP contribution in [0.15, 0.2) is 42.6 Å². The molecule has 0 atom stereocenters. The van der Waals surface area contributed by atoms with Gasteiger partial charge in [-0.15, -0.1) is 0 Å². The topological polar surface area (TPSA) is 69.7 Å². The van der Waals surface area contributed by atoms with Crippen LogP contribution >= 0.6 is 0 Å². The van der Waals surface area contributed by atoms with Crippen LogP contribution in [0.3, 0.4) is 0 Å². The molecule has 0 fully saturated rings. The summed E-state index contributed by atoms with van der Waals surface area (Å²) in [6.07, 6.45) is 3.77. The van der Waals surface area contributed by atoms with E-state index in [0.717, 1.165) is 48.0 Å². The summed E-state index contributed by atoms with van der Waals surface area (Å²) in [5.74, 6) is 1.53. The van der Waals surface area contributed by atoms with Gasteiger partial charge in [-0.05, 0) is 38.7 Å². The second-order valence-electron chi connectivity index (χ2n) is 6.25. The van der Waals surface area contributed by atoms with Gasteiger partial charge in [-0.1, -0.05) is 31.5 Å². The number of anilines is 2. The highest BCUT2D eigenvalue weighted by Crippen LogP contribution is 2.23. The fraction of sp³-hybridized carbons (Fsp3) is 0.316. The minimum absolute atomic E-state index is 0.573. The van der Waals surface area contributed by atoms with E-state index in [1.807, 2.05) is 50.5 Å². The van der Waals surface area contributed by atoms with Crippen molar-refractivity contribution < 1.29 is 0 Å². The highest BCUT2D eigenvalue weighted by molar-refractivity contribution is 5.61. The van der Waals surface area contributed by atoms with Crippen LogP contribution in [0.25, 0.3) is 11.4 Å². The molecule has 0 aliphatic carbocycles. The van der Waals surface area contributed by atoms with E-state index in [1.165, 1.54) is 0 Å². The minimum atomic E-state index is 0.573. The molecule has 3 aromatic rings. The standard InChI is InChI=1S/C19H24N6/c1-4-8-15-18(24-17(22-15)13-25(2)3)16-11-12-20-19(23-16)21-14-9-6-5-7-10-14/h5-7,9-12H,4,8,13H2,1-3H3,(H,22,24)(H,20,21,23). The van der Waals surface area contributed by atoms with E-state index in [1.54, 1.807) is 6.20 Å². The fourth-order valence-corrected chi connectivity index (χ4v) is 2.68. The van der Waals surface area contributed by atoms with Crippen LogP contribution in [0, 0.1) is 0 Å². The number of hydrogen-bond donors (Lipinski definition) is 2. The Morgan fingerprint density at radius 1 is 1.08 bits per heavy atom. The van der Waals surface area contributed by atoms with E-state index in [4.69, 9.17) is 4.98 Å². The van der Waals surface area contributed by atoms with Gasteiger partial charge in [0.05, 0.1) is 12.2 Å². The molecule has 0 amide bonds. The van der Waals surface area contributed by atoms with Crippen LogP contribution < -0.4 is 5.32 Å². The van der Waals surface area contributed by atoms with E-state index in [9.17, 15) is 0 Å². The van der Waals surface area contributed by atoms with Gasteiger partial charge in [0.2, 0.25) is 5.95 Å². The largest absolute Gasteiger partial charge is 0.344 e. The molecule has 0 spiro atoms. The van der Waals surface area contributed by atoms with Crippen molar-refractivity contribution in [2.75, 3.05) is 19.4 Å². The highest BCUT2D eigenvalue weighted by atomic mass is 15.1. The Morgan fingerprint density at radius 2 is 1.88 bits per heavy atom. The average molecular weight is 336 g/mol. The molecule has 2 heterocycles. The van der Waals surface area contributed by atoms with Crippen LogP contribution in [-0.4, -0.2) is 38.9 Å². The highest BCUT2D eigenvalue weighted by Gasteiger charge is 2.14. The van der Waals surface area contributed by atoms with Gasteiger partial charge in [-0.2, -0.15) is 0 Å². The number of rotatable bonds is 7. The Balaban J connectivity index is 1.90. The van der Waals surface area contributed by atoms with Crippen LogP contribution in [-0.2, 0) is 13.0 Å². The molecule has 6 nitrogen and oxygen atoms in total. The van der Waals surface area contributed by atoms with Gasteiger partial charge in [-0.3, -0.25) is 0 Å². The molecule has 0 aliphatic rings. The zero-order valence-electron chi connectivity index (χ0n) is 15.0.